The minimum absolute atomic E-state index is 0.673. The highest BCUT2D eigenvalue weighted by molar-refractivity contribution is 6.94. The molecule has 1 aromatic heterocycles. The molecule has 1 aromatic carbocycles. The van der Waals surface area contributed by atoms with Crippen molar-refractivity contribution in [2.45, 2.75) is 58.2 Å². The van der Waals surface area contributed by atoms with Crippen LogP contribution in [0.3, 0.4) is 0 Å². The fourth-order valence-corrected chi connectivity index (χ4v) is 10.5. The van der Waals surface area contributed by atoms with Crippen LogP contribution in [0.1, 0.15) is 41.5 Å². The average molecular weight is 301 g/mol. The second-order valence-electron chi connectivity index (χ2n) is 6.93. The van der Waals surface area contributed by atoms with E-state index in [1.165, 1.54) is 10.9 Å². The highest BCUT2D eigenvalue weighted by Gasteiger charge is 2.47. The molecule has 0 amide bonds. The molecule has 0 aliphatic rings. The van der Waals surface area contributed by atoms with Gasteiger partial charge in [-0.3, -0.25) is 0 Å². The van der Waals surface area contributed by atoms with Gasteiger partial charge in [-0.15, -0.1) is 0 Å². The molecular formula is C19H28OSi. The van der Waals surface area contributed by atoms with Gasteiger partial charge in [0.15, 0.2) is 0 Å². The van der Waals surface area contributed by atoms with Gasteiger partial charge in [0, 0.05) is 5.56 Å². The molecule has 2 aromatic rings. The van der Waals surface area contributed by atoms with E-state index in [9.17, 15) is 0 Å². The maximum Gasteiger partial charge on any atom is 0.139 e. The largest absolute Gasteiger partial charge is 0.466 e. The molecule has 0 unspecified atom stereocenters. The van der Waals surface area contributed by atoms with Gasteiger partial charge < -0.3 is 4.42 Å². The summed E-state index contributed by atoms with van der Waals surface area (Å²) in [5.41, 5.74) is 3.19. The first kappa shape index (κ1) is 16.1. The first-order valence-electron chi connectivity index (χ1n) is 8.06. The molecule has 21 heavy (non-hydrogen) atoms. The molecule has 1 heterocycles. The van der Waals surface area contributed by atoms with Gasteiger partial charge in [-0.25, -0.2) is 0 Å². The summed E-state index contributed by atoms with van der Waals surface area (Å²) >= 11 is 0. The Hall–Kier alpha value is -1.28. The minimum atomic E-state index is -1.68. The van der Waals surface area contributed by atoms with Gasteiger partial charge in [-0.1, -0.05) is 71.9 Å². The Morgan fingerprint density at radius 1 is 0.714 bits per heavy atom. The van der Waals surface area contributed by atoms with E-state index < -0.39 is 8.07 Å². The third-order valence-corrected chi connectivity index (χ3v) is 11.8. The van der Waals surface area contributed by atoms with Crippen molar-refractivity contribution in [2.24, 2.45) is 0 Å². The molecule has 1 nitrogen and oxygen atoms in total. The zero-order chi connectivity index (χ0) is 15.6. The molecule has 0 aliphatic carbocycles. The average Bonchev–Trinajstić information content (AvgIpc) is 2.89. The summed E-state index contributed by atoms with van der Waals surface area (Å²) in [7, 11) is -1.68. The first-order valence-corrected chi connectivity index (χ1v) is 10.3. The zero-order valence-corrected chi connectivity index (χ0v) is 15.2. The summed E-state index contributed by atoms with van der Waals surface area (Å²) in [4.78, 5) is 0. The summed E-state index contributed by atoms with van der Waals surface area (Å²) in [5.74, 6) is 1.00. The van der Waals surface area contributed by atoms with Crippen LogP contribution < -0.4 is 5.38 Å². The number of rotatable bonds is 5. The number of benzene rings is 1. The molecule has 0 bridgehead atoms. The van der Waals surface area contributed by atoms with Crippen LogP contribution in [0.5, 0.6) is 0 Å². The van der Waals surface area contributed by atoms with Crippen LogP contribution in [0.2, 0.25) is 16.6 Å². The van der Waals surface area contributed by atoms with Gasteiger partial charge >= 0.3 is 0 Å². The molecule has 0 N–H and O–H groups in total. The van der Waals surface area contributed by atoms with Crippen molar-refractivity contribution in [2.75, 3.05) is 0 Å². The molecule has 0 spiro atoms. The SMILES string of the molecule is CC(C)[Si](c1ccc(-c2ccccc2)o1)(C(C)C)C(C)C. The topological polar surface area (TPSA) is 13.1 Å². The van der Waals surface area contributed by atoms with E-state index in [0.29, 0.717) is 16.6 Å². The number of hydrogen-bond donors (Lipinski definition) is 0. The van der Waals surface area contributed by atoms with E-state index in [0.717, 1.165) is 5.76 Å². The van der Waals surface area contributed by atoms with Crippen molar-refractivity contribution in [1.82, 2.24) is 0 Å². The summed E-state index contributed by atoms with van der Waals surface area (Å²) in [5, 5.41) is 1.27. The van der Waals surface area contributed by atoms with Crippen molar-refractivity contribution in [3.05, 3.63) is 42.5 Å². The van der Waals surface area contributed by atoms with E-state index in [1.807, 2.05) is 6.07 Å². The summed E-state index contributed by atoms with van der Waals surface area (Å²) < 4.78 is 6.38. The van der Waals surface area contributed by atoms with Crippen LogP contribution in [0.4, 0.5) is 0 Å². The Kier molecular flexibility index (Phi) is 4.77. The first-order chi connectivity index (χ1) is 9.90. The molecule has 0 saturated heterocycles. The van der Waals surface area contributed by atoms with Crippen molar-refractivity contribution in [3.8, 4) is 11.3 Å². The van der Waals surface area contributed by atoms with Crippen molar-refractivity contribution in [1.29, 1.82) is 0 Å². The van der Waals surface area contributed by atoms with Crippen LogP contribution >= 0.6 is 0 Å². The fourth-order valence-electron chi connectivity index (χ4n) is 4.18. The van der Waals surface area contributed by atoms with Crippen LogP contribution in [0.15, 0.2) is 46.9 Å². The van der Waals surface area contributed by atoms with E-state index in [-0.39, 0.29) is 0 Å². The second-order valence-corrected chi connectivity index (χ2v) is 12.7. The van der Waals surface area contributed by atoms with Gasteiger partial charge in [0.05, 0.1) is 5.38 Å². The quantitative estimate of drug-likeness (QED) is 0.633. The van der Waals surface area contributed by atoms with E-state index in [4.69, 9.17) is 4.42 Å². The maximum atomic E-state index is 6.38. The third kappa shape index (κ3) is 2.74. The van der Waals surface area contributed by atoms with E-state index in [1.54, 1.807) is 0 Å². The Bertz CT molecular complexity index is 544. The van der Waals surface area contributed by atoms with Crippen LogP contribution in [-0.4, -0.2) is 8.07 Å². The molecule has 114 valence electrons. The second kappa shape index (κ2) is 6.23. The fraction of sp³-hybridized carbons (Fsp3) is 0.474. The van der Waals surface area contributed by atoms with Gasteiger partial charge in [0.2, 0.25) is 0 Å². The van der Waals surface area contributed by atoms with Crippen LogP contribution in [0.25, 0.3) is 11.3 Å². The molecule has 0 fully saturated rings. The van der Waals surface area contributed by atoms with Gasteiger partial charge in [0.1, 0.15) is 13.8 Å². The molecule has 2 heteroatoms. The van der Waals surface area contributed by atoms with Crippen molar-refractivity contribution >= 4 is 13.5 Å². The lowest BCUT2D eigenvalue weighted by atomic mass is 10.2. The molecular weight excluding hydrogens is 272 g/mol. The van der Waals surface area contributed by atoms with Gasteiger partial charge in [-0.05, 0) is 28.8 Å². The molecule has 0 radical (unpaired) electrons. The smallest absolute Gasteiger partial charge is 0.139 e. The number of furan rings is 1. The normalized spacial score (nSPS) is 12.6. The van der Waals surface area contributed by atoms with Crippen LogP contribution in [0, 0.1) is 0 Å². The molecule has 0 saturated carbocycles. The maximum absolute atomic E-state index is 6.38. The monoisotopic (exact) mass is 300 g/mol. The minimum Gasteiger partial charge on any atom is -0.466 e. The lowest BCUT2D eigenvalue weighted by molar-refractivity contribution is 0.602. The predicted molar refractivity (Wildman–Crippen MR) is 94.8 cm³/mol. The lowest BCUT2D eigenvalue weighted by Gasteiger charge is -2.41. The molecule has 0 aliphatic heterocycles. The molecule has 0 atom stereocenters. The summed E-state index contributed by atoms with van der Waals surface area (Å²) in [6.45, 7) is 14.2. The Balaban J connectivity index is 2.51. The van der Waals surface area contributed by atoms with E-state index >= 15 is 0 Å². The van der Waals surface area contributed by atoms with Crippen LogP contribution in [-0.2, 0) is 0 Å². The highest BCUT2D eigenvalue weighted by Crippen LogP contribution is 2.41. The Morgan fingerprint density at radius 2 is 1.24 bits per heavy atom. The third-order valence-electron chi connectivity index (χ3n) is 4.96. The molecule has 2 rings (SSSR count). The number of hydrogen-bond acceptors (Lipinski definition) is 1. The zero-order valence-electron chi connectivity index (χ0n) is 14.2. The summed E-state index contributed by atoms with van der Waals surface area (Å²) in [6, 6.07) is 14.8. The Labute approximate surface area is 130 Å². The predicted octanol–water partition coefficient (Wildman–Crippen LogP) is 5.83. The Morgan fingerprint density at radius 3 is 1.71 bits per heavy atom. The van der Waals surface area contributed by atoms with Crippen molar-refractivity contribution in [3.63, 3.8) is 0 Å². The highest BCUT2D eigenvalue weighted by atomic mass is 28.3. The van der Waals surface area contributed by atoms with E-state index in [2.05, 4.69) is 77.9 Å². The summed E-state index contributed by atoms with van der Waals surface area (Å²) in [6.07, 6.45) is 0. The lowest BCUT2D eigenvalue weighted by Crippen LogP contribution is -2.55. The van der Waals surface area contributed by atoms with Crippen molar-refractivity contribution < 1.29 is 4.42 Å². The van der Waals surface area contributed by atoms with Gasteiger partial charge in [-0.2, -0.15) is 0 Å². The van der Waals surface area contributed by atoms with Gasteiger partial charge in [0.25, 0.3) is 0 Å². The standard InChI is InChI=1S/C19H28OSi/c1-14(2)21(15(3)4,16(5)6)19-13-12-18(20-19)17-10-8-7-9-11-17/h7-16H,1-6H3.